The summed E-state index contributed by atoms with van der Waals surface area (Å²) in [5.41, 5.74) is 0.260. The van der Waals surface area contributed by atoms with E-state index >= 15 is 0 Å². The van der Waals surface area contributed by atoms with Crippen LogP contribution in [0.4, 0.5) is 32.6 Å². The van der Waals surface area contributed by atoms with E-state index in [0.29, 0.717) is 5.52 Å². The molecule has 0 spiro atoms. The van der Waals surface area contributed by atoms with Gasteiger partial charge in [0.1, 0.15) is 11.2 Å². The molecule has 6 rings (SSSR count). The fraction of sp³-hybridized carbons (Fsp3) is 0.600. The monoisotopic (exact) mass is 824 g/mol. The second-order valence-corrected chi connectivity index (χ2v) is 16.6. The Morgan fingerprint density at radius 2 is 1.31 bits per heavy atom. The van der Waals surface area contributed by atoms with Gasteiger partial charge in [0, 0.05) is 75.3 Å². The van der Waals surface area contributed by atoms with Crippen LogP contribution in [0.1, 0.15) is 80.1 Å². The van der Waals surface area contributed by atoms with Gasteiger partial charge in [0.05, 0.1) is 20.9 Å². The number of piperidine rings is 2. The average Bonchev–Trinajstić information content (AvgIpc) is 3.73. The number of hydrogen-bond donors (Lipinski definition) is 2. The van der Waals surface area contributed by atoms with Gasteiger partial charge >= 0.3 is 12.3 Å². The highest BCUT2D eigenvalue weighted by molar-refractivity contribution is 5.92. The maximum atomic E-state index is 11.0. The SMILES string of the molecule is CC(C)(C)OC(=O)OC(=O)OC(C)(C)C.CN(CCN1CCCCC1)c1nn(C)c2cc([N+](=O)[O-])ccc12.O=[N+]([O-])c1ccc2c(NCCN3CCCCC3)n[nH]c2c1. The van der Waals surface area contributed by atoms with Crippen LogP contribution in [0.5, 0.6) is 0 Å². The highest BCUT2D eigenvalue weighted by Gasteiger charge is 2.24. The summed E-state index contributed by atoms with van der Waals surface area (Å²) in [5, 5.41) is 38.4. The van der Waals surface area contributed by atoms with Crippen molar-refractivity contribution in [3.8, 4) is 0 Å². The molecule has 2 N–H and O–H groups in total. The maximum absolute atomic E-state index is 11.0. The minimum atomic E-state index is -1.06. The summed E-state index contributed by atoms with van der Waals surface area (Å²) < 4.78 is 15.5. The minimum absolute atomic E-state index is 0.0750. The molecule has 0 atom stereocenters. The van der Waals surface area contributed by atoms with Gasteiger partial charge in [-0.2, -0.15) is 10.2 Å². The number of nitro benzene ring substituents is 2. The molecule has 2 aromatic carbocycles. The molecule has 2 saturated heterocycles. The standard InChI is InChI=1S/C16H23N5O2.C14H19N5O2.C10H18O5/c1-18(10-11-20-8-4-3-5-9-20)16-14-7-6-13(21(22)23)12-15(14)19(2)17-16;20-19(21)11-4-5-12-13(10-11)16-17-14(12)15-6-9-18-7-2-1-3-8-18;1-9(2,3)14-7(11)13-8(12)15-10(4,5)6/h6-7,12H,3-5,8-11H2,1-2H3;4-5,10H,1-3,6-9H2,(H2,15,16,17);1-6H3. The number of aromatic nitrogens is 4. The summed E-state index contributed by atoms with van der Waals surface area (Å²) in [6.45, 7) is 18.5. The molecular weight excluding hydrogens is 765 g/mol. The third-order valence-corrected chi connectivity index (χ3v) is 9.46. The van der Waals surface area contributed by atoms with Crippen molar-refractivity contribution in [2.24, 2.45) is 7.05 Å². The number of nitro groups is 2. The first-order valence-corrected chi connectivity index (χ1v) is 20.1. The van der Waals surface area contributed by atoms with Gasteiger partial charge < -0.3 is 34.2 Å². The second kappa shape index (κ2) is 20.9. The Hall–Kier alpha value is -5.56. The first-order valence-electron chi connectivity index (χ1n) is 20.1. The molecule has 0 unspecified atom stereocenters. The lowest BCUT2D eigenvalue weighted by Gasteiger charge is -2.28. The van der Waals surface area contributed by atoms with E-state index in [4.69, 9.17) is 9.47 Å². The van der Waals surface area contributed by atoms with Crippen LogP contribution in [0, 0.1) is 20.2 Å². The number of hydrogen-bond acceptors (Lipinski definition) is 15. The molecule has 0 radical (unpaired) electrons. The van der Waals surface area contributed by atoms with Crippen LogP contribution in [-0.4, -0.2) is 123 Å². The number of carbonyl (C=O) groups excluding carboxylic acids is 2. The summed E-state index contributed by atoms with van der Waals surface area (Å²) >= 11 is 0. The van der Waals surface area contributed by atoms with Gasteiger partial charge in [-0.25, -0.2) is 9.59 Å². The second-order valence-electron chi connectivity index (χ2n) is 16.6. The van der Waals surface area contributed by atoms with Gasteiger partial charge in [0.15, 0.2) is 11.6 Å². The lowest BCUT2D eigenvalue weighted by Crippen LogP contribution is -2.36. The van der Waals surface area contributed by atoms with E-state index in [1.165, 1.54) is 76.8 Å². The first kappa shape index (κ1) is 46.1. The Bertz CT molecular complexity index is 2000. The quantitative estimate of drug-likeness (QED) is 0.0680. The molecule has 2 aromatic heterocycles. The third kappa shape index (κ3) is 15.0. The highest BCUT2D eigenvalue weighted by atomic mass is 16.8. The molecule has 4 aromatic rings. The molecule has 4 heterocycles. The number of carbonyl (C=O) groups is 2. The summed E-state index contributed by atoms with van der Waals surface area (Å²) in [6.07, 6.45) is 5.72. The van der Waals surface area contributed by atoms with Crippen LogP contribution in [0.3, 0.4) is 0 Å². The van der Waals surface area contributed by atoms with Crippen molar-refractivity contribution in [3.63, 3.8) is 0 Å². The van der Waals surface area contributed by atoms with Gasteiger partial charge in [-0.15, -0.1) is 0 Å². The fourth-order valence-electron chi connectivity index (χ4n) is 6.58. The van der Waals surface area contributed by atoms with E-state index in [0.717, 1.165) is 54.1 Å². The molecule has 0 amide bonds. The van der Waals surface area contributed by atoms with Crippen molar-refractivity contribution >= 4 is 57.1 Å². The lowest BCUT2D eigenvalue weighted by atomic mass is 10.1. The van der Waals surface area contributed by atoms with Crippen LogP contribution in [-0.2, 0) is 21.3 Å². The normalized spacial score (nSPS) is 15.0. The van der Waals surface area contributed by atoms with E-state index in [2.05, 4.69) is 40.0 Å². The summed E-state index contributed by atoms with van der Waals surface area (Å²) in [5.74, 6) is 1.64. The predicted molar refractivity (Wildman–Crippen MR) is 226 cm³/mol. The number of likely N-dealkylation sites (N-methyl/N-ethyl adjacent to an activating group) is 1. The predicted octanol–water partition coefficient (Wildman–Crippen LogP) is 7.65. The van der Waals surface area contributed by atoms with Crippen molar-refractivity contribution in [3.05, 3.63) is 56.6 Å². The zero-order chi connectivity index (χ0) is 43.3. The molecule has 2 aliphatic heterocycles. The Kier molecular flexibility index (Phi) is 16.4. The van der Waals surface area contributed by atoms with Crippen molar-refractivity contribution in [1.29, 1.82) is 0 Å². The van der Waals surface area contributed by atoms with Crippen LogP contribution in [0.2, 0.25) is 0 Å². The zero-order valence-electron chi connectivity index (χ0n) is 35.6. The molecule has 0 saturated carbocycles. The molecule has 59 heavy (non-hydrogen) atoms. The summed E-state index contributed by atoms with van der Waals surface area (Å²) in [7, 11) is 3.86. The van der Waals surface area contributed by atoms with Crippen molar-refractivity contribution in [2.45, 2.75) is 91.3 Å². The van der Waals surface area contributed by atoms with Crippen molar-refractivity contribution in [2.75, 3.05) is 69.6 Å². The molecule has 19 heteroatoms. The van der Waals surface area contributed by atoms with Crippen molar-refractivity contribution < 1.29 is 33.6 Å². The van der Waals surface area contributed by atoms with E-state index in [1.54, 1.807) is 70.5 Å². The van der Waals surface area contributed by atoms with Crippen LogP contribution >= 0.6 is 0 Å². The average molecular weight is 825 g/mol. The topological polar surface area (TPSA) is 216 Å². The van der Waals surface area contributed by atoms with Gasteiger partial charge in [-0.05, 0) is 106 Å². The van der Waals surface area contributed by atoms with Gasteiger partial charge in [-0.1, -0.05) is 12.8 Å². The fourth-order valence-corrected chi connectivity index (χ4v) is 6.58. The number of aryl methyl sites for hydroxylation is 1. The number of non-ortho nitro benzene ring substituents is 2. The van der Waals surface area contributed by atoms with Crippen LogP contribution < -0.4 is 10.2 Å². The minimum Gasteiger partial charge on any atom is -0.428 e. The van der Waals surface area contributed by atoms with E-state index in [1.807, 2.05) is 14.1 Å². The number of ether oxygens (including phenoxy) is 3. The number of anilines is 2. The molecule has 19 nitrogen and oxygen atoms in total. The maximum Gasteiger partial charge on any atom is 0.519 e. The van der Waals surface area contributed by atoms with Crippen LogP contribution in [0.15, 0.2) is 36.4 Å². The molecular formula is C40H60N10O9. The molecule has 0 aliphatic carbocycles. The van der Waals surface area contributed by atoms with Crippen LogP contribution in [0.25, 0.3) is 21.8 Å². The van der Waals surface area contributed by atoms with E-state index < -0.39 is 28.4 Å². The number of likely N-dealkylation sites (tertiary alicyclic amines) is 2. The summed E-state index contributed by atoms with van der Waals surface area (Å²) in [6, 6.07) is 9.69. The molecule has 0 bridgehead atoms. The molecule has 324 valence electrons. The largest absolute Gasteiger partial charge is 0.519 e. The Morgan fingerprint density at radius 1 is 0.797 bits per heavy atom. The Balaban J connectivity index is 0.000000201. The van der Waals surface area contributed by atoms with Gasteiger partial charge in [0.25, 0.3) is 11.4 Å². The Morgan fingerprint density at radius 3 is 1.83 bits per heavy atom. The number of aromatic amines is 1. The lowest BCUT2D eigenvalue weighted by molar-refractivity contribution is -0.384. The van der Waals surface area contributed by atoms with Gasteiger partial charge in [-0.3, -0.25) is 30.0 Å². The number of benzene rings is 2. The number of nitrogens with one attached hydrogen (secondary N) is 2. The Labute approximate surface area is 344 Å². The summed E-state index contributed by atoms with van der Waals surface area (Å²) in [4.78, 5) is 50.0. The van der Waals surface area contributed by atoms with E-state index in [9.17, 15) is 29.8 Å². The highest BCUT2D eigenvalue weighted by Crippen LogP contribution is 2.28. The number of fused-ring (bicyclic) bond motifs is 2. The number of nitrogens with zero attached hydrogens (tertiary/aromatic N) is 8. The number of H-pyrrole nitrogens is 1. The van der Waals surface area contributed by atoms with Gasteiger partial charge in [0.2, 0.25) is 0 Å². The van der Waals surface area contributed by atoms with Crippen molar-refractivity contribution in [1.82, 2.24) is 29.8 Å². The van der Waals surface area contributed by atoms with E-state index in [-0.39, 0.29) is 16.3 Å². The smallest absolute Gasteiger partial charge is 0.428 e. The number of rotatable bonds is 10. The first-order chi connectivity index (χ1) is 27.8. The third-order valence-electron chi connectivity index (χ3n) is 9.46. The molecule has 2 fully saturated rings. The zero-order valence-corrected chi connectivity index (χ0v) is 35.6. The molecule has 2 aliphatic rings.